The van der Waals surface area contributed by atoms with Crippen molar-refractivity contribution in [2.75, 3.05) is 11.1 Å². The van der Waals surface area contributed by atoms with Crippen LogP contribution in [0.3, 0.4) is 0 Å². The van der Waals surface area contributed by atoms with Crippen molar-refractivity contribution in [3.05, 3.63) is 60.3 Å². The molecule has 1 aromatic heterocycles. The summed E-state index contributed by atoms with van der Waals surface area (Å²) >= 11 is 0. The standard InChI is InChI=1S/C15H13N3O.ClH/c16-12-6-2-4-8-14(12)18-15(19)11-9-17-13-7-3-1-5-10(11)13;/h1-9,17H,16H2,(H,18,19);1H. The molecule has 3 aromatic rings. The zero-order valence-electron chi connectivity index (χ0n) is 10.6. The summed E-state index contributed by atoms with van der Waals surface area (Å²) in [6, 6.07) is 14.9. The number of rotatable bonds is 2. The average molecular weight is 288 g/mol. The number of amides is 1. The van der Waals surface area contributed by atoms with Gasteiger partial charge in [0.1, 0.15) is 0 Å². The van der Waals surface area contributed by atoms with Crippen molar-refractivity contribution in [1.82, 2.24) is 4.98 Å². The molecule has 0 saturated heterocycles. The molecule has 3 rings (SSSR count). The lowest BCUT2D eigenvalue weighted by Gasteiger charge is -2.06. The van der Waals surface area contributed by atoms with Crippen LogP contribution in [0.1, 0.15) is 10.4 Å². The topological polar surface area (TPSA) is 70.9 Å². The Hall–Kier alpha value is -2.46. The van der Waals surface area contributed by atoms with Crippen LogP contribution in [0.5, 0.6) is 0 Å². The van der Waals surface area contributed by atoms with Gasteiger partial charge in [0, 0.05) is 17.1 Å². The normalized spacial score (nSPS) is 10.0. The maximum atomic E-state index is 12.3. The molecule has 0 aliphatic carbocycles. The number of hydrogen-bond acceptors (Lipinski definition) is 2. The van der Waals surface area contributed by atoms with E-state index in [4.69, 9.17) is 5.73 Å². The van der Waals surface area contributed by atoms with Gasteiger partial charge in [-0.3, -0.25) is 4.79 Å². The third-order valence-corrected chi connectivity index (χ3v) is 3.04. The first kappa shape index (κ1) is 14.0. The van der Waals surface area contributed by atoms with Crippen LogP contribution in [0.4, 0.5) is 11.4 Å². The van der Waals surface area contributed by atoms with Crippen LogP contribution < -0.4 is 11.1 Å². The lowest BCUT2D eigenvalue weighted by atomic mass is 10.1. The first-order chi connectivity index (χ1) is 9.25. The molecule has 0 unspecified atom stereocenters. The Kier molecular flexibility index (Phi) is 3.96. The first-order valence-corrected chi connectivity index (χ1v) is 5.97. The Morgan fingerprint density at radius 1 is 1.05 bits per heavy atom. The van der Waals surface area contributed by atoms with Gasteiger partial charge < -0.3 is 16.0 Å². The van der Waals surface area contributed by atoms with E-state index in [9.17, 15) is 4.79 Å². The van der Waals surface area contributed by atoms with E-state index in [2.05, 4.69) is 10.3 Å². The third-order valence-electron chi connectivity index (χ3n) is 3.04. The van der Waals surface area contributed by atoms with Crippen LogP contribution in [0.15, 0.2) is 54.7 Å². The largest absolute Gasteiger partial charge is 0.397 e. The van der Waals surface area contributed by atoms with Crippen molar-refractivity contribution >= 4 is 40.6 Å². The molecule has 0 saturated carbocycles. The molecule has 1 amide bonds. The van der Waals surface area contributed by atoms with Crippen molar-refractivity contribution in [3.63, 3.8) is 0 Å². The van der Waals surface area contributed by atoms with Gasteiger partial charge in [-0.25, -0.2) is 0 Å². The molecule has 0 aliphatic rings. The second-order valence-electron chi connectivity index (χ2n) is 4.29. The van der Waals surface area contributed by atoms with Gasteiger partial charge in [-0.2, -0.15) is 0 Å². The molecule has 20 heavy (non-hydrogen) atoms. The van der Waals surface area contributed by atoms with Gasteiger partial charge in [0.05, 0.1) is 16.9 Å². The van der Waals surface area contributed by atoms with E-state index >= 15 is 0 Å². The van der Waals surface area contributed by atoms with E-state index in [1.807, 2.05) is 36.4 Å². The number of aromatic amines is 1. The number of carbonyl (C=O) groups excluding carboxylic acids is 1. The number of benzene rings is 2. The van der Waals surface area contributed by atoms with E-state index in [0.717, 1.165) is 10.9 Å². The second-order valence-corrected chi connectivity index (χ2v) is 4.29. The number of anilines is 2. The summed E-state index contributed by atoms with van der Waals surface area (Å²) in [5.41, 5.74) is 8.54. The predicted octanol–water partition coefficient (Wildman–Crippen LogP) is 3.42. The summed E-state index contributed by atoms with van der Waals surface area (Å²) in [5.74, 6) is -0.171. The molecule has 1 heterocycles. The number of carbonyl (C=O) groups is 1. The van der Waals surface area contributed by atoms with Crippen molar-refractivity contribution in [1.29, 1.82) is 0 Å². The number of aromatic nitrogens is 1. The lowest BCUT2D eigenvalue weighted by Crippen LogP contribution is -2.12. The third kappa shape index (κ3) is 2.46. The van der Waals surface area contributed by atoms with Crippen LogP contribution in [-0.4, -0.2) is 10.9 Å². The summed E-state index contributed by atoms with van der Waals surface area (Å²) < 4.78 is 0. The summed E-state index contributed by atoms with van der Waals surface area (Å²) in [4.78, 5) is 15.3. The molecule has 4 N–H and O–H groups in total. The van der Waals surface area contributed by atoms with E-state index in [1.165, 1.54) is 0 Å². The lowest BCUT2D eigenvalue weighted by molar-refractivity contribution is 0.102. The molecule has 0 fully saturated rings. The fourth-order valence-electron chi connectivity index (χ4n) is 2.06. The van der Waals surface area contributed by atoms with Crippen LogP contribution in [0.25, 0.3) is 10.9 Å². The summed E-state index contributed by atoms with van der Waals surface area (Å²) in [5, 5.41) is 3.72. The van der Waals surface area contributed by atoms with Gasteiger partial charge in [0.2, 0.25) is 0 Å². The summed E-state index contributed by atoms with van der Waals surface area (Å²) in [6.07, 6.45) is 1.71. The zero-order valence-corrected chi connectivity index (χ0v) is 11.4. The fourth-order valence-corrected chi connectivity index (χ4v) is 2.06. The molecular weight excluding hydrogens is 274 g/mol. The molecule has 5 heteroatoms. The molecule has 0 bridgehead atoms. The minimum atomic E-state index is -0.171. The SMILES string of the molecule is Cl.Nc1ccccc1NC(=O)c1c[nH]c2ccccc12. The quantitative estimate of drug-likeness (QED) is 0.632. The average Bonchev–Trinajstić information content (AvgIpc) is 2.85. The van der Waals surface area contributed by atoms with Crippen LogP contribution in [0.2, 0.25) is 0 Å². The number of H-pyrrole nitrogens is 1. The minimum Gasteiger partial charge on any atom is -0.397 e. The minimum absolute atomic E-state index is 0. The maximum Gasteiger partial charge on any atom is 0.257 e. The van der Waals surface area contributed by atoms with Crippen molar-refractivity contribution < 1.29 is 4.79 Å². The molecule has 0 radical (unpaired) electrons. The zero-order chi connectivity index (χ0) is 13.2. The van der Waals surface area contributed by atoms with Crippen molar-refractivity contribution in [2.24, 2.45) is 0 Å². The molecular formula is C15H14ClN3O. The van der Waals surface area contributed by atoms with Gasteiger partial charge in [0.25, 0.3) is 5.91 Å². The monoisotopic (exact) mass is 287 g/mol. The molecule has 102 valence electrons. The number of nitrogens with two attached hydrogens (primary N) is 1. The smallest absolute Gasteiger partial charge is 0.257 e. The van der Waals surface area contributed by atoms with Gasteiger partial charge in [0.15, 0.2) is 0 Å². The highest BCUT2D eigenvalue weighted by Crippen LogP contribution is 2.21. The molecule has 0 atom stereocenters. The fraction of sp³-hybridized carbons (Fsp3) is 0. The number of hydrogen-bond donors (Lipinski definition) is 3. The highest BCUT2D eigenvalue weighted by molar-refractivity contribution is 6.13. The first-order valence-electron chi connectivity index (χ1n) is 5.97. The van der Waals surface area contributed by atoms with Crippen LogP contribution in [0, 0.1) is 0 Å². The van der Waals surface area contributed by atoms with Gasteiger partial charge in [-0.15, -0.1) is 12.4 Å². The van der Waals surface area contributed by atoms with Crippen LogP contribution >= 0.6 is 12.4 Å². The second kappa shape index (κ2) is 5.67. The Morgan fingerprint density at radius 2 is 1.75 bits per heavy atom. The number of nitrogen functional groups attached to an aromatic ring is 1. The van der Waals surface area contributed by atoms with Gasteiger partial charge in [-0.1, -0.05) is 30.3 Å². The van der Waals surface area contributed by atoms with E-state index < -0.39 is 0 Å². The van der Waals surface area contributed by atoms with Gasteiger partial charge >= 0.3 is 0 Å². The molecule has 0 spiro atoms. The number of halogens is 1. The highest BCUT2D eigenvalue weighted by atomic mass is 35.5. The predicted molar refractivity (Wildman–Crippen MR) is 84.4 cm³/mol. The Balaban J connectivity index is 0.00000147. The van der Waals surface area contributed by atoms with E-state index in [1.54, 1.807) is 18.3 Å². The Bertz CT molecular complexity index is 751. The number of para-hydroxylation sites is 3. The van der Waals surface area contributed by atoms with Crippen LogP contribution in [-0.2, 0) is 0 Å². The summed E-state index contributed by atoms with van der Waals surface area (Å²) in [7, 11) is 0. The Morgan fingerprint density at radius 3 is 2.55 bits per heavy atom. The molecule has 0 aliphatic heterocycles. The van der Waals surface area contributed by atoms with Crippen molar-refractivity contribution in [3.8, 4) is 0 Å². The molecule has 2 aromatic carbocycles. The van der Waals surface area contributed by atoms with Crippen molar-refractivity contribution in [2.45, 2.75) is 0 Å². The Labute approximate surface area is 122 Å². The van der Waals surface area contributed by atoms with E-state index in [-0.39, 0.29) is 18.3 Å². The number of fused-ring (bicyclic) bond motifs is 1. The molecule has 4 nitrogen and oxygen atoms in total. The number of nitrogens with one attached hydrogen (secondary N) is 2. The maximum absolute atomic E-state index is 12.3. The summed E-state index contributed by atoms with van der Waals surface area (Å²) in [6.45, 7) is 0. The highest BCUT2D eigenvalue weighted by Gasteiger charge is 2.12. The van der Waals surface area contributed by atoms with Gasteiger partial charge in [-0.05, 0) is 18.2 Å². The van der Waals surface area contributed by atoms with E-state index in [0.29, 0.717) is 16.9 Å².